The highest BCUT2D eigenvalue weighted by molar-refractivity contribution is 7.90. The van der Waals surface area contributed by atoms with Gasteiger partial charge in [0.05, 0.1) is 42.4 Å². The van der Waals surface area contributed by atoms with Gasteiger partial charge in [-0.2, -0.15) is 0 Å². The van der Waals surface area contributed by atoms with Crippen LogP contribution in [0.2, 0.25) is 0 Å². The average Bonchev–Trinajstić information content (AvgIpc) is 3.29. The molecule has 2 fully saturated rings. The molecular formula is C40H49N3O7S. The normalized spacial score (nSPS) is 19.5. The Morgan fingerprint density at radius 1 is 0.961 bits per heavy atom. The first-order valence-corrected chi connectivity index (χ1v) is 19.5. The van der Waals surface area contributed by atoms with Gasteiger partial charge in [0.25, 0.3) is 11.8 Å². The monoisotopic (exact) mass is 715 g/mol. The van der Waals surface area contributed by atoms with Gasteiger partial charge in [-0.15, -0.1) is 0 Å². The van der Waals surface area contributed by atoms with Crippen LogP contribution in [-0.4, -0.2) is 73.1 Å². The molecule has 1 aromatic heterocycles. The summed E-state index contributed by atoms with van der Waals surface area (Å²) in [5.41, 5.74) is 5.95. The van der Waals surface area contributed by atoms with E-state index in [-0.39, 0.29) is 47.5 Å². The molecule has 1 saturated heterocycles. The number of allylic oxidation sites excluding steroid dienone is 2. The van der Waals surface area contributed by atoms with Crippen molar-refractivity contribution in [2.24, 2.45) is 0 Å². The first kappa shape index (κ1) is 36.6. The summed E-state index contributed by atoms with van der Waals surface area (Å²) in [5, 5.41) is 0.182. The number of fused-ring (bicyclic) bond motifs is 5. The van der Waals surface area contributed by atoms with Crippen molar-refractivity contribution in [1.82, 2.24) is 14.2 Å². The van der Waals surface area contributed by atoms with Gasteiger partial charge in [0.1, 0.15) is 5.75 Å². The van der Waals surface area contributed by atoms with E-state index in [4.69, 9.17) is 9.47 Å². The Balaban J connectivity index is 1.55. The van der Waals surface area contributed by atoms with Gasteiger partial charge in [-0.25, -0.2) is 13.1 Å². The van der Waals surface area contributed by atoms with Crippen molar-refractivity contribution in [2.45, 2.75) is 104 Å². The molecule has 51 heavy (non-hydrogen) atoms. The Morgan fingerprint density at radius 3 is 2.27 bits per heavy atom. The van der Waals surface area contributed by atoms with Gasteiger partial charge >= 0.3 is 0 Å². The molecule has 0 bridgehead atoms. The Bertz CT molecular complexity index is 2050. The molecule has 6 rings (SSSR count). The first-order chi connectivity index (χ1) is 24.2. The second-order valence-electron chi connectivity index (χ2n) is 14.7. The number of ether oxygens (including phenoxy) is 2. The molecule has 3 aliphatic rings. The largest absolute Gasteiger partial charge is 0.497 e. The topological polar surface area (TPSA) is 124 Å². The Hall–Kier alpha value is -4.22. The molecule has 0 spiro atoms. The van der Waals surface area contributed by atoms with Crippen LogP contribution in [0.3, 0.4) is 0 Å². The Kier molecular flexibility index (Phi) is 10.3. The van der Waals surface area contributed by atoms with Crippen LogP contribution < -0.4 is 9.46 Å². The van der Waals surface area contributed by atoms with Crippen molar-refractivity contribution in [3.63, 3.8) is 0 Å². The summed E-state index contributed by atoms with van der Waals surface area (Å²) in [6, 6.07) is 11.2. The van der Waals surface area contributed by atoms with Crippen LogP contribution in [0, 0.1) is 0 Å². The van der Waals surface area contributed by atoms with E-state index in [2.05, 4.69) is 9.29 Å². The number of methoxy groups -OCH3 is 1. The lowest BCUT2D eigenvalue weighted by atomic mass is 9.81. The fraction of sp³-hybridized carbons (Fsp3) is 0.475. The molecule has 1 aliphatic carbocycles. The van der Waals surface area contributed by atoms with Gasteiger partial charge in [-0.05, 0) is 108 Å². The standard InChI is InChI=1S/C40H49N3O7S/c1-23(2)35(40(46)42-20-25(5)50-26(6)21-42)38(44)30-17-29-18-31(49-7)14-16-32(29)37-36(27-11-9-8-10-12-27)33-15-13-28(19-34(33)43(37)22-30)39(45)41-51(47,48)24(3)4/h13-19,24-27H,8-12,20-22H2,1-7H3,(H,41,45). The quantitative estimate of drug-likeness (QED) is 0.155. The number of benzene rings is 2. The van der Waals surface area contributed by atoms with E-state index < -0.39 is 21.2 Å². The SMILES string of the molecule is COc1ccc2c(c1)C=C(C(=O)C(C(=O)N1CC(C)OC(C)C1)=C(C)C)Cn1c-2c(C2CCCCC2)c2ccc(C(=O)NS(=O)(=O)C(C)C)cc21. The van der Waals surface area contributed by atoms with Gasteiger partial charge in [-0.3, -0.25) is 14.4 Å². The van der Waals surface area contributed by atoms with Crippen LogP contribution in [0.5, 0.6) is 5.75 Å². The maximum atomic E-state index is 14.8. The number of hydrogen-bond acceptors (Lipinski definition) is 7. The highest BCUT2D eigenvalue weighted by Gasteiger charge is 2.35. The predicted molar refractivity (Wildman–Crippen MR) is 199 cm³/mol. The van der Waals surface area contributed by atoms with Crippen LogP contribution >= 0.6 is 0 Å². The number of nitrogens with zero attached hydrogens (tertiary/aromatic N) is 2. The van der Waals surface area contributed by atoms with Gasteiger partial charge in [0.2, 0.25) is 10.0 Å². The van der Waals surface area contributed by atoms with Crippen molar-refractivity contribution < 1.29 is 32.3 Å². The number of hydrogen-bond donors (Lipinski definition) is 1. The second-order valence-corrected chi connectivity index (χ2v) is 17.0. The lowest BCUT2D eigenvalue weighted by Gasteiger charge is -2.36. The van der Waals surface area contributed by atoms with E-state index in [0.717, 1.165) is 59.0 Å². The molecule has 11 heteroatoms. The number of carbonyl (C=O) groups is 3. The molecule has 272 valence electrons. The second kappa shape index (κ2) is 14.4. The molecule has 2 aromatic carbocycles. The van der Waals surface area contributed by atoms with E-state index in [0.29, 0.717) is 30.0 Å². The van der Waals surface area contributed by atoms with Crippen LogP contribution in [0.4, 0.5) is 0 Å². The molecule has 1 N–H and O–H groups in total. The van der Waals surface area contributed by atoms with E-state index >= 15 is 0 Å². The molecule has 2 amide bonds. The zero-order valence-electron chi connectivity index (χ0n) is 30.7. The number of morpholine rings is 1. The zero-order chi connectivity index (χ0) is 36.8. The molecule has 3 aromatic rings. The summed E-state index contributed by atoms with van der Waals surface area (Å²) in [6.45, 7) is 11.4. The average molecular weight is 716 g/mol. The number of sulfonamides is 1. The summed E-state index contributed by atoms with van der Waals surface area (Å²) >= 11 is 0. The van der Waals surface area contributed by atoms with Crippen molar-refractivity contribution in [2.75, 3.05) is 20.2 Å². The number of amides is 2. The lowest BCUT2D eigenvalue weighted by molar-refractivity contribution is -0.140. The predicted octanol–water partition coefficient (Wildman–Crippen LogP) is 6.77. The molecule has 1 saturated carbocycles. The number of carbonyl (C=O) groups excluding carboxylic acids is 3. The minimum absolute atomic E-state index is 0.137. The summed E-state index contributed by atoms with van der Waals surface area (Å²) in [5.74, 6) is -0.487. The van der Waals surface area contributed by atoms with Crippen LogP contribution in [0.15, 0.2) is 53.1 Å². The summed E-state index contributed by atoms with van der Waals surface area (Å²) in [4.78, 5) is 44.0. The van der Waals surface area contributed by atoms with E-state index in [1.54, 1.807) is 38.0 Å². The van der Waals surface area contributed by atoms with Gasteiger partial charge in [0, 0.05) is 40.7 Å². The van der Waals surface area contributed by atoms with Gasteiger partial charge in [0.15, 0.2) is 5.78 Å². The Labute approximate surface area is 300 Å². The highest BCUT2D eigenvalue weighted by atomic mass is 32.2. The number of rotatable bonds is 8. The maximum absolute atomic E-state index is 14.8. The first-order valence-electron chi connectivity index (χ1n) is 18.0. The number of nitrogens with one attached hydrogen (secondary N) is 1. The van der Waals surface area contributed by atoms with E-state index in [1.807, 2.05) is 44.2 Å². The summed E-state index contributed by atoms with van der Waals surface area (Å²) < 4.78 is 41.1. The van der Waals surface area contributed by atoms with E-state index in [9.17, 15) is 22.8 Å². The smallest absolute Gasteiger partial charge is 0.264 e. The van der Waals surface area contributed by atoms with Crippen molar-refractivity contribution in [1.29, 1.82) is 0 Å². The minimum Gasteiger partial charge on any atom is -0.497 e. The highest BCUT2D eigenvalue weighted by Crippen LogP contribution is 2.47. The number of aromatic nitrogens is 1. The van der Waals surface area contributed by atoms with Crippen LogP contribution in [-0.2, 0) is 30.9 Å². The molecule has 2 atom stereocenters. The molecule has 2 aliphatic heterocycles. The fourth-order valence-corrected chi connectivity index (χ4v) is 8.44. The number of Topliss-reactive ketones (excluding diaryl/α,β-unsaturated/α-hetero) is 1. The molecule has 10 nitrogen and oxygen atoms in total. The van der Waals surface area contributed by atoms with Gasteiger partial charge in [-0.1, -0.05) is 30.9 Å². The van der Waals surface area contributed by atoms with Crippen molar-refractivity contribution >= 4 is 44.6 Å². The van der Waals surface area contributed by atoms with Gasteiger partial charge < -0.3 is 18.9 Å². The summed E-state index contributed by atoms with van der Waals surface area (Å²) in [6.07, 6.45) is 6.97. The third-order valence-electron chi connectivity index (χ3n) is 10.3. The van der Waals surface area contributed by atoms with Crippen LogP contribution in [0.1, 0.15) is 101 Å². The molecule has 2 unspecified atom stereocenters. The third-order valence-corrected chi connectivity index (χ3v) is 12.1. The molecule has 3 heterocycles. The number of ketones is 1. The maximum Gasteiger partial charge on any atom is 0.264 e. The van der Waals surface area contributed by atoms with Crippen molar-refractivity contribution in [3.8, 4) is 17.0 Å². The van der Waals surface area contributed by atoms with Crippen molar-refractivity contribution in [3.05, 3.63) is 69.8 Å². The van der Waals surface area contributed by atoms with E-state index in [1.165, 1.54) is 20.3 Å². The Morgan fingerprint density at radius 2 is 1.65 bits per heavy atom. The minimum atomic E-state index is -3.86. The van der Waals surface area contributed by atoms with Crippen LogP contribution in [0.25, 0.3) is 28.2 Å². The molecular weight excluding hydrogens is 667 g/mol. The molecule has 0 radical (unpaired) electrons. The zero-order valence-corrected chi connectivity index (χ0v) is 31.5. The fourth-order valence-electron chi connectivity index (χ4n) is 7.83. The third kappa shape index (κ3) is 7.15. The summed E-state index contributed by atoms with van der Waals surface area (Å²) in [7, 11) is -2.26. The lowest BCUT2D eigenvalue weighted by Crippen LogP contribution is -2.49.